The summed E-state index contributed by atoms with van der Waals surface area (Å²) in [6.45, 7) is 14.1. The van der Waals surface area contributed by atoms with E-state index in [2.05, 4.69) is 53.4 Å². The maximum absolute atomic E-state index is 3.40. The molecule has 0 fully saturated rings. The van der Waals surface area contributed by atoms with E-state index in [0.717, 1.165) is 12.8 Å². The summed E-state index contributed by atoms with van der Waals surface area (Å²) in [4.78, 5) is 0. The minimum Gasteiger partial charge on any atom is -0.103 e. The molecule has 166 valence electrons. The molecule has 0 saturated heterocycles. The van der Waals surface area contributed by atoms with Gasteiger partial charge in [-0.25, -0.2) is 0 Å². The van der Waals surface area contributed by atoms with Crippen LogP contribution >= 0.6 is 0 Å². The van der Waals surface area contributed by atoms with E-state index in [9.17, 15) is 0 Å². The van der Waals surface area contributed by atoms with Gasteiger partial charge in [-0.3, -0.25) is 0 Å². The van der Waals surface area contributed by atoms with Crippen LogP contribution < -0.4 is 0 Å². The highest BCUT2D eigenvalue weighted by atomic mass is 14.1. The molecule has 0 atom stereocenters. The van der Waals surface area contributed by atoms with E-state index >= 15 is 0 Å². The van der Waals surface area contributed by atoms with Crippen molar-refractivity contribution in [1.29, 1.82) is 0 Å². The van der Waals surface area contributed by atoms with Gasteiger partial charge in [0.2, 0.25) is 0 Å². The Morgan fingerprint density at radius 2 is 0.607 bits per heavy atom. The van der Waals surface area contributed by atoms with Crippen molar-refractivity contribution in [2.75, 3.05) is 0 Å². The smallest absolute Gasteiger partial charge is 0.00886 e. The lowest BCUT2D eigenvalue weighted by molar-refractivity contribution is 0.356. The van der Waals surface area contributed by atoms with E-state index in [-0.39, 0.29) is 0 Å². The molecule has 0 aromatic heterocycles. The van der Waals surface area contributed by atoms with Crippen LogP contribution in [0.15, 0.2) is 0 Å². The van der Waals surface area contributed by atoms with Crippen molar-refractivity contribution in [3.8, 4) is 11.8 Å². The third-order valence-corrected chi connectivity index (χ3v) is 5.58. The van der Waals surface area contributed by atoms with Gasteiger partial charge in [0.05, 0.1) is 0 Å². The van der Waals surface area contributed by atoms with Crippen LogP contribution in [0, 0.1) is 22.7 Å². The second-order valence-corrected chi connectivity index (χ2v) is 11.4. The summed E-state index contributed by atoms with van der Waals surface area (Å²) in [5.41, 5.74) is 1.04. The first-order chi connectivity index (χ1) is 13.2. The summed E-state index contributed by atoms with van der Waals surface area (Å²) < 4.78 is 0. The molecule has 0 bridgehead atoms. The Morgan fingerprint density at radius 1 is 0.357 bits per heavy atom. The van der Waals surface area contributed by atoms with E-state index in [1.165, 1.54) is 103 Å². The standard InChI is InChI=1S/C28H54/c1-27(2,3)25-23-21-19-17-15-13-11-9-7-8-10-12-14-16-18-20-22-24-26-28(4,5)6/h9-26H2,1-6H3. The minimum atomic E-state index is 0.518. The van der Waals surface area contributed by atoms with Crippen LogP contribution in [0.1, 0.15) is 157 Å². The molecule has 0 amide bonds. The van der Waals surface area contributed by atoms with Crippen LogP contribution in [0.5, 0.6) is 0 Å². The van der Waals surface area contributed by atoms with Gasteiger partial charge in [-0.2, -0.15) is 0 Å². The highest BCUT2D eigenvalue weighted by molar-refractivity contribution is 4.98. The predicted molar refractivity (Wildman–Crippen MR) is 130 cm³/mol. The van der Waals surface area contributed by atoms with Crippen molar-refractivity contribution in [2.45, 2.75) is 157 Å². The van der Waals surface area contributed by atoms with Gasteiger partial charge in [-0.05, 0) is 36.5 Å². The third kappa shape index (κ3) is 25.6. The third-order valence-electron chi connectivity index (χ3n) is 5.58. The van der Waals surface area contributed by atoms with Crippen LogP contribution in [0.2, 0.25) is 0 Å². The molecule has 0 aromatic carbocycles. The zero-order chi connectivity index (χ0) is 21.1. The Morgan fingerprint density at radius 3 is 0.893 bits per heavy atom. The summed E-state index contributed by atoms with van der Waals surface area (Å²) in [5.74, 6) is 6.79. The first kappa shape index (κ1) is 27.6. The molecule has 0 aliphatic carbocycles. The topological polar surface area (TPSA) is 0 Å². The van der Waals surface area contributed by atoms with Gasteiger partial charge in [-0.1, -0.05) is 119 Å². The zero-order valence-corrected chi connectivity index (χ0v) is 20.7. The van der Waals surface area contributed by atoms with Crippen molar-refractivity contribution in [2.24, 2.45) is 10.8 Å². The quantitative estimate of drug-likeness (QED) is 0.181. The van der Waals surface area contributed by atoms with E-state index in [0.29, 0.717) is 10.8 Å². The summed E-state index contributed by atoms with van der Waals surface area (Å²) >= 11 is 0. The van der Waals surface area contributed by atoms with Crippen LogP contribution in [0.25, 0.3) is 0 Å². The Labute approximate surface area is 180 Å². The Bertz CT molecular complexity index is 343. The molecule has 0 N–H and O–H groups in total. The lowest BCUT2D eigenvalue weighted by Crippen LogP contribution is -2.03. The van der Waals surface area contributed by atoms with Crippen molar-refractivity contribution in [1.82, 2.24) is 0 Å². The molecular weight excluding hydrogens is 336 g/mol. The molecule has 0 heteroatoms. The summed E-state index contributed by atoms with van der Waals surface area (Å²) in [6, 6.07) is 0. The highest BCUT2D eigenvalue weighted by Crippen LogP contribution is 2.23. The molecule has 0 spiro atoms. The largest absolute Gasteiger partial charge is 0.103 e. The van der Waals surface area contributed by atoms with Crippen molar-refractivity contribution >= 4 is 0 Å². The number of hydrogen-bond acceptors (Lipinski definition) is 0. The van der Waals surface area contributed by atoms with Crippen molar-refractivity contribution < 1.29 is 0 Å². The Balaban J connectivity index is 3.20. The average Bonchev–Trinajstić information content (AvgIpc) is 2.58. The molecule has 0 unspecified atom stereocenters. The maximum atomic E-state index is 3.40. The number of rotatable bonds is 16. The average molecular weight is 391 g/mol. The van der Waals surface area contributed by atoms with Gasteiger partial charge in [0.25, 0.3) is 0 Å². The van der Waals surface area contributed by atoms with Gasteiger partial charge < -0.3 is 0 Å². The van der Waals surface area contributed by atoms with Crippen molar-refractivity contribution in [3.63, 3.8) is 0 Å². The Hall–Kier alpha value is -0.440. The van der Waals surface area contributed by atoms with Crippen molar-refractivity contribution in [3.05, 3.63) is 0 Å². The van der Waals surface area contributed by atoms with E-state index < -0.39 is 0 Å². The molecule has 0 heterocycles. The maximum Gasteiger partial charge on any atom is 0.00886 e. The zero-order valence-electron chi connectivity index (χ0n) is 20.7. The molecule has 0 radical (unpaired) electrons. The number of hydrogen-bond donors (Lipinski definition) is 0. The molecule has 0 aliphatic heterocycles. The second kappa shape index (κ2) is 17.4. The summed E-state index contributed by atoms with van der Waals surface area (Å²) in [6.07, 6.45) is 24.6. The fraction of sp³-hybridized carbons (Fsp3) is 0.929. The van der Waals surface area contributed by atoms with Crippen LogP contribution in [0.3, 0.4) is 0 Å². The SMILES string of the molecule is CC(C)(C)CCCCCCCCCC#CCCCCCCCCCC(C)(C)C. The minimum absolute atomic E-state index is 0.518. The van der Waals surface area contributed by atoms with Gasteiger partial charge >= 0.3 is 0 Å². The lowest BCUT2D eigenvalue weighted by Gasteiger charge is -2.17. The van der Waals surface area contributed by atoms with E-state index in [1.54, 1.807) is 0 Å². The lowest BCUT2D eigenvalue weighted by atomic mass is 9.89. The van der Waals surface area contributed by atoms with Crippen LogP contribution in [0.4, 0.5) is 0 Å². The predicted octanol–water partition coefficient (Wildman–Crippen LogP) is 10.1. The Kier molecular flexibility index (Phi) is 17.1. The first-order valence-electron chi connectivity index (χ1n) is 12.7. The van der Waals surface area contributed by atoms with Gasteiger partial charge in [0.15, 0.2) is 0 Å². The van der Waals surface area contributed by atoms with Gasteiger partial charge in [-0.15, -0.1) is 11.8 Å². The second-order valence-electron chi connectivity index (χ2n) is 11.4. The fourth-order valence-electron chi connectivity index (χ4n) is 3.68. The number of unbranched alkanes of at least 4 members (excludes halogenated alkanes) is 14. The molecule has 0 saturated carbocycles. The summed E-state index contributed by atoms with van der Waals surface area (Å²) in [7, 11) is 0. The molecule has 0 rings (SSSR count). The van der Waals surface area contributed by atoms with E-state index in [4.69, 9.17) is 0 Å². The highest BCUT2D eigenvalue weighted by Gasteiger charge is 2.09. The first-order valence-corrected chi connectivity index (χ1v) is 12.7. The van der Waals surface area contributed by atoms with E-state index in [1.807, 2.05) is 0 Å². The van der Waals surface area contributed by atoms with Crippen LogP contribution in [-0.4, -0.2) is 0 Å². The normalized spacial score (nSPS) is 12.1. The monoisotopic (exact) mass is 390 g/mol. The van der Waals surface area contributed by atoms with Crippen LogP contribution in [-0.2, 0) is 0 Å². The van der Waals surface area contributed by atoms with Gasteiger partial charge in [0.1, 0.15) is 0 Å². The van der Waals surface area contributed by atoms with Gasteiger partial charge in [0, 0.05) is 12.8 Å². The fourth-order valence-corrected chi connectivity index (χ4v) is 3.68. The molecule has 0 nitrogen and oxygen atoms in total. The molecular formula is C28H54. The molecule has 0 aromatic rings. The molecule has 28 heavy (non-hydrogen) atoms. The summed E-state index contributed by atoms with van der Waals surface area (Å²) in [5, 5.41) is 0. The molecule has 0 aliphatic rings.